The summed E-state index contributed by atoms with van der Waals surface area (Å²) in [5, 5.41) is 9.07. The van der Waals surface area contributed by atoms with E-state index in [1.807, 2.05) is 25.1 Å². The van der Waals surface area contributed by atoms with Crippen molar-refractivity contribution in [3.05, 3.63) is 23.8 Å². The van der Waals surface area contributed by atoms with E-state index in [1.54, 1.807) is 12.0 Å². The lowest BCUT2D eigenvalue weighted by molar-refractivity contribution is -0.145. The van der Waals surface area contributed by atoms with E-state index in [0.717, 1.165) is 12.0 Å². The van der Waals surface area contributed by atoms with Gasteiger partial charge in [0.1, 0.15) is 0 Å². The van der Waals surface area contributed by atoms with E-state index in [2.05, 4.69) is 0 Å². The SMILES string of the molecule is COc1cc(C)ccc1OCCC(=O)N1CCC[C@H](C(=O)O)C1. The molecule has 2 rings (SSSR count). The molecular weight excluding hydrogens is 298 g/mol. The average molecular weight is 321 g/mol. The minimum Gasteiger partial charge on any atom is -0.493 e. The standard InChI is InChI=1S/C17H23NO5/c1-12-5-6-14(15(10-12)22-2)23-9-7-16(19)18-8-3-4-13(11-18)17(20)21/h5-6,10,13H,3-4,7-9,11H2,1-2H3,(H,20,21)/t13-/m0/s1. The number of likely N-dealkylation sites (tertiary alicyclic amines) is 1. The largest absolute Gasteiger partial charge is 0.493 e. The Bertz CT molecular complexity index is 572. The Morgan fingerprint density at radius 1 is 1.35 bits per heavy atom. The Kier molecular flexibility index (Phi) is 5.84. The van der Waals surface area contributed by atoms with Gasteiger partial charge in [-0.1, -0.05) is 6.07 Å². The van der Waals surface area contributed by atoms with E-state index in [-0.39, 0.29) is 18.9 Å². The molecule has 1 aromatic rings. The summed E-state index contributed by atoms with van der Waals surface area (Å²) in [4.78, 5) is 24.9. The summed E-state index contributed by atoms with van der Waals surface area (Å²) in [6, 6.07) is 5.61. The van der Waals surface area contributed by atoms with Gasteiger partial charge in [0, 0.05) is 13.1 Å². The zero-order chi connectivity index (χ0) is 16.8. The van der Waals surface area contributed by atoms with Gasteiger partial charge >= 0.3 is 5.97 Å². The molecule has 126 valence electrons. The van der Waals surface area contributed by atoms with Crippen LogP contribution in [0.2, 0.25) is 0 Å². The molecule has 0 bridgehead atoms. The Balaban J connectivity index is 1.84. The highest BCUT2D eigenvalue weighted by atomic mass is 16.5. The Morgan fingerprint density at radius 2 is 2.13 bits per heavy atom. The van der Waals surface area contributed by atoms with E-state index in [1.165, 1.54) is 0 Å². The fourth-order valence-electron chi connectivity index (χ4n) is 2.71. The summed E-state index contributed by atoms with van der Waals surface area (Å²) in [6.07, 6.45) is 1.59. The van der Waals surface area contributed by atoms with Gasteiger partial charge in [-0.25, -0.2) is 0 Å². The highest BCUT2D eigenvalue weighted by Gasteiger charge is 2.27. The number of rotatable bonds is 6. The number of carbonyl (C=O) groups is 2. The van der Waals surface area contributed by atoms with Crippen LogP contribution in [0.25, 0.3) is 0 Å². The number of benzene rings is 1. The molecule has 0 saturated carbocycles. The van der Waals surface area contributed by atoms with Crippen LogP contribution in [0, 0.1) is 12.8 Å². The number of nitrogens with zero attached hydrogens (tertiary/aromatic N) is 1. The summed E-state index contributed by atoms with van der Waals surface area (Å²) in [6.45, 7) is 3.12. The minimum absolute atomic E-state index is 0.0676. The van der Waals surface area contributed by atoms with Crippen molar-refractivity contribution in [2.24, 2.45) is 5.92 Å². The number of methoxy groups -OCH3 is 1. The molecule has 0 radical (unpaired) electrons. The predicted molar refractivity (Wildman–Crippen MR) is 84.8 cm³/mol. The molecule has 0 aromatic heterocycles. The Hall–Kier alpha value is -2.24. The average Bonchev–Trinajstić information content (AvgIpc) is 2.56. The van der Waals surface area contributed by atoms with E-state index in [0.29, 0.717) is 31.0 Å². The summed E-state index contributed by atoms with van der Waals surface area (Å²) in [7, 11) is 1.58. The van der Waals surface area contributed by atoms with Gasteiger partial charge < -0.3 is 19.5 Å². The molecule has 1 fully saturated rings. The van der Waals surface area contributed by atoms with Crippen LogP contribution in [-0.4, -0.2) is 48.7 Å². The second kappa shape index (κ2) is 7.85. The van der Waals surface area contributed by atoms with Crippen molar-refractivity contribution in [2.75, 3.05) is 26.8 Å². The van der Waals surface area contributed by atoms with Crippen molar-refractivity contribution in [2.45, 2.75) is 26.2 Å². The van der Waals surface area contributed by atoms with Crippen LogP contribution in [0.1, 0.15) is 24.8 Å². The first kappa shape index (κ1) is 17.1. The van der Waals surface area contributed by atoms with Crippen LogP contribution in [0.5, 0.6) is 11.5 Å². The predicted octanol–water partition coefficient (Wildman–Crippen LogP) is 2.10. The Morgan fingerprint density at radius 3 is 2.83 bits per heavy atom. The lowest BCUT2D eigenvalue weighted by atomic mass is 9.98. The molecule has 1 aromatic carbocycles. The molecule has 1 saturated heterocycles. The number of aliphatic carboxylic acids is 1. The van der Waals surface area contributed by atoms with Gasteiger partial charge in [0.05, 0.1) is 26.1 Å². The van der Waals surface area contributed by atoms with Crippen molar-refractivity contribution >= 4 is 11.9 Å². The van der Waals surface area contributed by atoms with Gasteiger partial charge in [-0.15, -0.1) is 0 Å². The topological polar surface area (TPSA) is 76.1 Å². The number of aryl methyl sites for hydroxylation is 1. The van der Waals surface area contributed by atoms with Crippen molar-refractivity contribution in [1.82, 2.24) is 4.90 Å². The number of piperidine rings is 1. The number of carboxylic acids is 1. The smallest absolute Gasteiger partial charge is 0.308 e. The van der Waals surface area contributed by atoms with Crippen LogP contribution in [0.4, 0.5) is 0 Å². The molecule has 1 aliphatic heterocycles. The van der Waals surface area contributed by atoms with Crippen LogP contribution in [-0.2, 0) is 9.59 Å². The highest BCUT2D eigenvalue weighted by molar-refractivity contribution is 5.78. The molecule has 1 N–H and O–H groups in total. The maximum Gasteiger partial charge on any atom is 0.308 e. The van der Waals surface area contributed by atoms with Crippen LogP contribution in [0.3, 0.4) is 0 Å². The molecule has 1 atom stereocenters. The molecule has 0 aliphatic carbocycles. The van der Waals surface area contributed by atoms with Crippen molar-refractivity contribution in [3.63, 3.8) is 0 Å². The van der Waals surface area contributed by atoms with Gasteiger partial charge in [0.2, 0.25) is 5.91 Å². The molecule has 6 heteroatoms. The summed E-state index contributed by atoms with van der Waals surface area (Å²) in [5.41, 5.74) is 1.07. The van der Waals surface area contributed by atoms with Gasteiger partial charge in [-0.3, -0.25) is 9.59 Å². The first-order chi connectivity index (χ1) is 11.0. The second-order valence-electron chi connectivity index (χ2n) is 5.77. The van der Waals surface area contributed by atoms with Gasteiger partial charge in [0.15, 0.2) is 11.5 Å². The molecule has 6 nitrogen and oxygen atoms in total. The maximum atomic E-state index is 12.2. The van der Waals surface area contributed by atoms with E-state index >= 15 is 0 Å². The fourth-order valence-corrected chi connectivity index (χ4v) is 2.71. The van der Waals surface area contributed by atoms with Crippen LogP contribution < -0.4 is 9.47 Å². The number of hydrogen-bond acceptors (Lipinski definition) is 4. The van der Waals surface area contributed by atoms with E-state index in [4.69, 9.17) is 14.6 Å². The number of ether oxygens (including phenoxy) is 2. The second-order valence-corrected chi connectivity index (χ2v) is 5.77. The molecular formula is C17H23NO5. The number of hydrogen-bond donors (Lipinski definition) is 1. The fraction of sp³-hybridized carbons (Fsp3) is 0.529. The first-order valence-corrected chi connectivity index (χ1v) is 7.79. The molecule has 0 spiro atoms. The first-order valence-electron chi connectivity index (χ1n) is 7.79. The molecule has 1 heterocycles. The normalized spacial score (nSPS) is 17.7. The third kappa shape index (κ3) is 4.61. The summed E-state index contributed by atoms with van der Waals surface area (Å²) < 4.78 is 10.9. The number of amides is 1. The molecule has 1 aliphatic rings. The van der Waals surface area contributed by atoms with Gasteiger partial charge in [0.25, 0.3) is 0 Å². The molecule has 1 amide bonds. The van der Waals surface area contributed by atoms with Crippen LogP contribution in [0.15, 0.2) is 18.2 Å². The van der Waals surface area contributed by atoms with Gasteiger partial charge in [-0.05, 0) is 37.5 Å². The van der Waals surface area contributed by atoms with E-state index < -0.39 is 11.9 Å². The zero-order valence-electron chi connectivity index (χ0n) is 13.6. The Labute approximate surface area is 136 Å². The lowest BCUT2D eigenvalue weighted by Gasteiger charge is -2.30. The van der Waals surface area contributed by atoms with Crippen molar-refractivity contribution in [1.29, 1.82) is 0 Å². The summed E-state index contributed by atoms with van der Waals surface area (Å²) >= 11 is 0. The number of carboxylic acid groups (broad SMARTS) is 1. The molecule has 23 heavy (non-hydrogen) atoms. The number of carbonyl (C=O) groups excluding carboxylic acids is 1. The van der Waals surface area contributed by atoms with Gasteiger partial charge in [-0.2, -0.15) is 0 Å². The monoisotopic (exact) mass is 321 g/mol. The van der Waals surface area contributed by atoms with E-state index in [9.17, 15) is 9.59 Å². The highest BCUT2D eigenvalue weighted by Crippen LogP contribution is 2.28. The lowest BCUT2D eigenvalue weighted by Crippen LogP contribution is -2.42. The zero-order valence-corrected chi connectivity index (χ0v) is 13.6. The quantitative estimate of drug-likeness (QED) is 0.868. The maximum absolute atomic E-state index is 12.2. The third-order valence-electron chi connectivity index (χ3n) is 4.02. The summed E-state index contributed by atoms with van der Waals surface area (Å²) in [5.74, 6) is -0.106. The minimum atomic E-state index is -0.830. The van der Waals surface area contributed by atoms with Crippen LogP contribution >= 0.6 is 0 Å². The molecule has 0 unspecified atom stereocenters. The third-order valence-corrected chi connectivity index (χ3v) is 4.02. The van der Waals surface area contributed by atoms with Crippen molar-refractivity contribution < 1.29 is 24.2 Å². The van der Waals surface area contributed by atoms with Crippen molar-refractivity contribution in [3.8, 4) is 11.5 Å².